The number of likely N-dealkylation sites (N-methyl/N-ethyl adjacent to an activating group) is 1. The number of carbonyl (C=O) groups is 1. The highest BCUT2D eigenvalue weighted by Gasteiger charge is 2.23. The number of amides is 1. The predicted octanol–water partition coefficient (Wildman–Crippen LogP) is 2.67. The lowest BCUT2D eigenvalue weighted by Crippen LogP contribution is -2.45. The number of nitrogens with one attached hydrogen (secondary N) is 1. The van der Waals surface area contributed by atoms with Gasteiger partial charge in [0.15, 0.2) is 6.04 Å². The molecule has 0 heterocycles. The van der Waals surface area contributed by atoms with E-state index in [1.165, 1.54) is 0 Å². The van der Waals surface area contributed by atoms with E-state index in [1.807, 2.05) is 29.2 Å². The molecule has 0 fully saturated rings. The Kier molecular flexibility index (Phi) is 7.10. The summed E-state index contributed by atoms with van der Waals surface area (Å²) in [6, 6.07) is 9.66. The Morgan fingerprint density at radius 3 is 2.50 bits per heavy atom. The highest BCUT2D eigenvalue weighted by molar-refractivity contribution is 6.83. The van der Waals surface area contributed by atoms with Crippen LogP contribution < -0.4 is 5.32 Å². The maximum atomic E-state index is 12.3. The van der Waals surface area contributed by atoms with Crippen molar-refractivity contribution in [3.05, 3.63) is 48.6 Å². The van der Waals surface area contributed by atoms with Gasteiger partial charge in [-0.3, -0.25) is 9.69 Å². The third-order valence-corrected chi connectivity index (χ3v) is 3.93. The topological polar surface area (TPSA) is 32.3 Å². The average Bonchev–Trinajstić information content (AvgIpc) is 2.47. The van der Waals surface area contributed by atoms with Crippen LogP contribution >= 0.6 is 0 Å². The Morgan fingerprint density at radius 1 is 1.36 bits per heavy atom. The summed E-state index contributed by atoms with van der Waals surface area (Å²) in [6.07, 6.45) is 1.81. The second-order valence-electron chi connectivity index (χ2n) is 6.24. The molecule has 0 aliphatic heterocycles. The van der Waals surface area contributed by atoms with Crippen LogP contribution in [0.1, 0.15) is 5.56 Å². The van der Waals surface area contributed by atoms with Crippen LogP contribution in [-0.2, 0) is 11.3 Å². The molecule has 1 atom stereocenters. The summed E-state index contributed by atoms with van der Waals surface area (Å²) in [7, 11) is 0.120. The molecule has 3 nitrogen and oxygen atoms in total. The second kappa shape index (κ2) is 8.57. The molecule has 1 aromatic carbocycles. The molecule has 1 aromatic rings. The SMILES string of the molecule is C=CCN(Cc1ccccc1)C(C#C[Si](C)(C)C)C(=O)NC. The van der Waals surface area contributed by atoms with Crippen molar-refractivity contribution in [3.8, 4) is 11.5 Å². The highest BCUT2D eigenvalue weighted by Crippen LogP contribution is 2.09. The minimum atomic E-state index is -1.53. The van der Waals surface area contributed by atoms with Gasteiger partial charge >= 0.3 is 0 Å². The van der Waals surface area contributed by atoms with Gasteiger partial charge in [0.25, 0.3) is 0 Å². The van der Waals surface area contributed by atoms with E-state index in [4.69, 9.17) is 0 Å². The molecule has 0 radical (unpaired) electrons. The van der Waals surface area contributed by atoms with Gasteiger partial charge in [-0.2, -0.15) is 0 Å². The van der Waals surface area contributed by atoms with Gasteiger partial charge in [0.05, 0.1) is 0 Å². The summed E-state index contributed by atoms with van der Waals surface area (Å²) in [5.74, 6) is 3.13. The molecule has 0 saturated carbocycles. The molecule has 0 aliphatic carbocycles. The van der Waals surface area contributed by atoms with Gasteiger partial charge < -0.3 is 5.32 Å². The van der Waals surface area contributed by atoms with Crippen LogP contribution in [0.5, 0.6) is 0 Å². The first-order valence-corrected chi connectivity index (χ1v) is 11.0. The van der Waals surface area contributed by atoms with E-state index in [9.17, 15) is 4.79 Å². The van der Waals surface area contributed by atoms with E-state index in [-0.39, 0.29) is 5.91 Å². The van der Waals surface area contributed by atoms with Gasteiger partial charge in [-0.05, 0) is 5.56 Å². The van der Waals surface area contributed by atoms with E-state index >= 15 is 0 Å². The van der Waals surface area contributed by atoms with Crippen LogP contribution in [0.2, 0.25) is 19.6 Å². The van der Waals surface area contributed by atoms with E-state index in [0.717, 1.165) is 5.56 Å². The Hall–Kier alpha value is -1.83. The molecule has 0 aromatic heterocycles. The standard InChI is InChI=1S/C18H26N2OSi/c1-6-13-20(15-16-10-8-7-9-11-16)17(18(21)19-2)12-14-22(3,4)5/h6-11,17H,1,13,15H2,2-5H3,(H,19,21). The molecule has 1 unspecified atom stereocenters. The Balaban J connectivity index is 3.05. The van der Waals surface area contributed by atoms with Gasteiger partial charge in [-0.15, -0.1) is 12.1 Å². The lowest BCUT2D eigenvalue weighted by atomic mass is 10.1. The maximum absolute atomic E-state index is 12.3. The molecular weight excluding hydrogens is 288 g/mol. The van der Waals surface area contributed by atoms with E-state index in [2.05, 4.69) is 55.1 Å². The summed E-state index contributed by atoms with van der Waals surface area (Å²) in [5.41, 5.74) is 4.47. The number of benzene rings is 1. The molecule has 1 rings (SSSR count). The summed E-state index contributed by atoms with van der Waals surface area (Å²) in [4.78, 5) is 14.3. The number of rotatable bonds is 6. The zero-order valence-corrected chi connectivity index (χ0v) is 15.0. The Morgan fingerprint density at radius 2 is 2.00 bits per heavy atom. The zero-order chi connectivity index (χ0) is 16.6. The number of hydrogen-bond acceptors (Lipinski definition) is 2. The summed E-state index contributed by atoms with van der Waals surface area (Å²) >= 11 is 0. The predicted molar refractivity (Wildman–Crippen MR) is 96.0 cm³/mol. The van der Waals surface area contributed by atoms with Crippen LogP contribution in [0, 0.1) is 11.5 Å². The van der Waals surface area contributed by atoms with Crippen molar-refractivity contribution in [1.82, 2.24) is 10.2 Å². The molecule has 1 N–H and O–H groups in total. The van der Waals surface area contributed by atoms with Crippen molar-refractivity contribution in [2.75, 3.05) is 13.6 Å². The lowest BCUT2D eigenvalue weighted by molar-refractivity contribution is -0.124. The smallest absolute Gasteiger partial charge is 0.249 e. The Labute approximate surface area is 135 Å². The monoisotopic (exact) mass is 314 g/mol. The minimum absolute atomic E-state index is 0.0662. The van der Waals surface area contributed by atoms with Crippen LogP contribution in [0.15, 0.2) is 43.0 Å². The fourth-order valence-electron chi connectivity index (χ4n) is 1.99. The quantitative estimate of drug-likeness (QED) is 0.497. The molecule has 22 heavy (non-hydrogen) atoms. The van der Waals surface area contributed by atoms with E-state index in [0.29, 0.717) is 13.1 Å². The normalized spacial score (nSPS) is 12.2. The van der Waals surface area contributed by atoms with Crippen LogP contribution in [0.4, 0.5) is 0 Å². The molecular formula is C18H26N2OSi. The van der Waals surface area contributed by atoms with Crippen molar-refractivity contribution in [3.63, 3.8) is 0 Å². The molecule has 0 saturated heterocycles. The van der Waals surface area contributed by atoms with Gasteiger partial charge in [-0.1, -0.05) is 62.0 Å². The number of hydrogen-bond donors (Lipinski definition) is 1. The summed E-state index contributed by atoms with van der Waals surface area (Å²) < 4.78 is 0. The van der Waals surface area contributed by atoms with Gasteiger partial charge in [0.2, 0.25) is 5.91 Å². The fourth-order valence-corrected chi connectivity index (χ4v) is 2.56. The molecule has 0 spiro atoms. The van der Waals surface area contributed by atoms with Crippen molar-refractivity contribution in [2.45, 2.75) is 32.2 Å². The summed E-state index contributed by atoms with van der Waals surface area (Å²) in [6.45, 7) is 11.6. The van der Waals surface area contributed by atoms with Crippen molar-refractivity contribution in [1.29, 1.82) is 0 Å². The lowest BCUT2D eigenvalue weighted by Gasteiger charge is -2.26. The summed E-state index contributed by atoms with van der Waals surface area (Å²) in [5, 5.41) is 2.72. The highest BCUT2D eigenvalue weighted by atomic mass is 28.3. The van der Waals surface area contributed by atoms with Crippen LogP contribution in [0.25, 0.3) is 0 Å². The van der Waals surface area contributed by atoms with Crippen LogP contribution in [-0.4, -0.2) is 38.5 Å². The molecule has 0 aliphatic rings. The van der Waals surface area contributed by atoms with E-state index in [1.54, 1.807) is 7.05 Å². The molecule has 0 bridgehead atoms. The first-order valence-electron chi connectivity index (χ1n) is 7.50. The number of carbonyl (C=O) groups excluding carboxylic acids is 1. The molecule has 1 amide bonds. The van der Waals surface area contributed by atoms with Gasteiger partial charge in [-0.25, -0.2) is 0 Å². The minimum Gasteiger partial charge on any atom is -0.357 e. The van der Waals surface area contributed by atoms with Crippen molar-refractivity contribution >= 4 is 14.0 Å². The Bertz CT molecular complexity index is 552. The third kappa shape index (κ3) is 6.29. The fraction of sp³-hybridized carbons (Fsp3) is 0.389. The van der Waals surface area contributed by atoms with Crippen molar-refractivity contribution < 1.29 is 4.79 Å². The molecule has 4 heteroatoms. The average molecular weight is 315 g/mol. The van der Waals surface area contributed by atoms with Gasteiger partial charge in [0.1, 0.15) is 8.07 Å². The molecule has 118 valence electrons. The van der Waals surface area contributed by atoms with E-state index < -0.39 is 14.1 Å². The number of nitrogens with zero attached hydrogens (tertiary/aromatic N) is 1. The first kappa shape index (κ1) is 18.2. The first-order chi connectivity index (χ1) is 10.4. The van der Waals surface area contributed by atoms with Crippen molar-refractivity contribution in [2.24, 2.45) is 0 Å². The zero-order valence-electron chi connectivity index (χ0n) is 14.0. The van der Waals surface area contributed by atoms with Gasteiger partial charge in [0, 0.05) is 20.1 Å². The van der Waals surface area contributed by atoms with Crippen LogP contribution in [0.3, 0.4) is 0 Å². The third-order valence-electron chi connectivity index (χ3n) is 3.04. The second-order valence-corrected chi connectivity index (χ2v) is 11.0. The maximum Gasteiger partial charge on any atom is 0.249 e. The largest absolute Gasteiger partial charge is 0.357 e.